The Morgan fingerprint density at radius 2 is 2.12 bits per heavy atom. The van der Waals surface area contributed by atoms with Crippen molar-refractivity contribution in [3.63, 3.8) is 0 Å². The van der Waals surface area contributed by atoms with Crippen LogP contribution in [0.3, 0.4) is 0 Å². The molecule has 0 N–H and O–H groups in total. The van der Waals surface area contributed by atoms with E-state index in [0.29, 0.717) is 11.5 Å². The lowest BCUT2D eigenvalue weighted by Gasteiger charge is -2.35. The maximum absolute atomic E-state index is 14.1. The maximum atomic E-state index is 14.1. The van der Waals surface area contributed by atoms with Crippen molar-refractivity contribution < 1.29 is 13.9 Å². The Morgan fingerprint density at radius 3 is 2.71 bits per heavy atom. The van der Waals surface area contributed by atoms with Gasteiger partial charge in [0.15, 0.2) is 11.3 Å². The number of esters is 1. The second kappa shape index (κ2) is 6.70. The van der Waals surface area contributed by atoms with Gasteiger partial charge in [0.1, 0.15) is 0 Å². The molecule has 1 aromatic heterocycles. The Bertz CT molecular complexity index is 803. The first kappa shape index (κ1) is 16.6. The summed E-state index contributed by atoms with van der Waals surface area (Å²) in [7, 11) is 0. The van der Waals surface area contributed by atoms with Gasteiger partial charge < -0.3 is 9.30 Å². The van der Waals surface area contributed by atoms with Gasteiger partial charge in [-0.05, 0) is 19.4 Å². The number of ether oxygens (including phenoxy) is 1. The summed E-state index contributed by atoms with van der Waals surface area (Å²) in [6.45, 7) is 3.58. The number of carbonyl (C=O) groups is 1. The van der Waals surface area contributed by atoms with Crippen LogP contribution >= 0.6 is 11.8 Å². The van der Waals surface area contributed by atoms with E-state index in [0.717, 1.165) is 5.56 Å². The number of aromatic nitrogens is 2. The molecule has 1 aromatic carbocycles. The monoisotopic (exact) mass is 344 g/mol. The van der Waals surface area contributed by atoms with Gasteiger partial charge in [0.2, 0.25) is 5.95 Å². The van der Waals surface area contributed by atoms with Crippen molar-refractivity contribution in [2.45, 2.75) is 25.5 Å². The summed E-state index contributed by atoms with van der Waals surface area (Å²) < 4.78 is 21.2. The van der Waals surface area contributed by atoms with E-state index in [1.807, 2.05) is 37.3 Å². The largest absolute Gasteiger partial charge is 0.439 e. The predicted molar refractivity (Wildman–Crippen MR) is 91.4 cm³/mol. The third kappa shape index (κ3) is 3.04. The second-order valence-corrected chi connectivity index (χ2v) is 6.62. The number of hydrogen-bond donors (Lipinski definition) is 0. The van der Waals surface area contributed by atoms with Crippen molar-refractivity contribution in [3.05, 3.63) is 53.9 Å². The summed E-state index contributed by atoms with van der Waals surface area (Å²) in [5.74, 6) is 5.36. The van der Waals surface area contributed by atoms with E-state index >= 15 is 0 Å². The van der Waals surface area contributed by atoms with Gasteiger partial charge in [0.25, 0.3) is 0 Å². The maximum Gasteiger partial charge on any atom is 0.361 e. The van der Waals surface area contributed by atoms with E-state index in [2.05, 4.69) is 16.8 Å². The average Bonchev–Trinajstić information content (AvgIpc) is 2.94. The van der Waals surface area contributed by atoms with Crippen LogP contribution in [0.5, 0.6) is 0 Å². The topological polar surface area (TPSA) is 44.1 Å². The van der Waals surface area contributed by atoms with Gasteiger partial charge in [-0.3, -0.25) is 0 Å². The third-order valence-electron chi connectivity index (χ3n) is 3.95. The fourth-order valence-electron chi connectivity index (χ4n) is 2.61. The quantitative estimate of drug-likeness (QED) is 0.631. The van der Waals surface area contributed by atoms with Crippen molar-refractivity contribution in [1.82, 2.24) is 9.55 Å². The van der Waals surface area contributed by atoms with E-state index in [1.165, 1.54) is 10.9 Å². The lowest BCUT2D eigenvalue weighted by molar-refractivity contribution is 0.0180. The molecule has 124 valence electrons. The first-order valence-corrected chi connectivity index (χ1v) is 8.74. The number of hydrogen-bond acceptors (Lipinski definition) is 4. The Hall–Kier alpha value is -2.26. The molecule has 24 heavy (non-hydrogen) atoms. The van der Waals surface area contributed by atoms with E-state index < -0.39 is 17.5 Å². The Morgan fingerprint density at radius 1 is 1.42 bits per heavy atom. The summed E-state index contributed by atoms with van der Waals surface area (Å²) in [5.41, 5.74) is -0.0275. The molecule has 0 unspecified atom stereocenters. The smallest absolute Gasteiger partial charge is 0.361 e. The first-order chi connectivity index (χ1) is 11.6. The summed E-state index contributed by atoms with van der Waals surface area (Å²) in [5, 5.41) is 0. The Labute approximate surface area is 144 Å². The van der Waals surface area contributed by atoms with E-state index in [9.17, 15) is 9.18 Å². The van der Waals surface area contributed by atoms with Crippen LogP contribution < -0.4 is 0 Å². The zero-order valence-corrected chi connectivity index (χ0v) is 14.3. The predicted octanol–water partition coefficient (Wildman–Crippen LogP) is 3.30. The third-order valence-corrected chi connectivity index (χ3v) is 5.29. The van der Waals surface area contributed by atoms with Crippen LogP contribution in [0.1, 0.15) is 35.9 Å². The number of carbonyl (C=O) groups excluding carboxylic acids is 1. The highest BCUT2D eigenvalue weighted by molar-refractivity contribution is 8.00. The number of nitrogens with zero attached hydrogens (tertiary/aromatic N) is 2. The average molecular weight is 344 g/mol. The van der Waals surface area contributed by atoms with Crippen LogP contribution in [0.2, 0.25) is 0 Å². The molecular formula is C18H17FN2O2S. The van der Waals surface area contributed by atoms with Gasteiger partial charge in [0, 0.05) is 11.5 Å². The Kier molecular flexibility index (Phi) is 4.63. The molecule has 2 aromatic rings. The molecule has 1 aliphatic rings. The first-order valence-electron chi connectivity index (χ1n) is 7.58. The number of rotatable bonds is 4. The van der Waals surface area contributed by atoms with E-state index in [1.54, 1.807) is 18.7 Å². The molecule has 0 radical (unpaired) electrons. The molecule has 2 heterocycles. The van der Waals surface area contributed by atoms with Gasteiger partial charge in [0.05, 0.1) is 12.4 Å². The molecule has 1 atom stereocenters. The summed E-state index contributed by atoms with van der Waals surface area (Å²) in [4.78, 5) is 16.2. The number of imidazole rings is 1. The minimum absolute atomic E-state index is 0.166. The van der Waals surface area contributed by atoms with Crippen LogP contribution in [0.15, 0.2) is 36.7 Å². The second-order valence-electron chi connectivity index (χ2n) is 5.63. The normalized spacial score (nSPS) is 16.5. The van der Waals surface area contributed by atoms with Crippen molar-refractivity contribution in [1.29, 1.82) is 0 Å². The lowest BCUT2D eigenvalue weighted by atomic mass is 10.1. The molecule has 1 fully saturated rings. The summed E-state index contributed by atoms with van der Waals surface area (Å²) in [6.07, 6.45) is 1.33. The number of benzene rings is 1. The van der Waals surface area contributed by atoms with Gasteiger partial charge in [-0.25, -0.2) is 9.78 Å². The molecular weight excluding hydrogens is 327 g/mol. The molecule has 4 nitrogen and oxygen atoms in total. The van der Waals surface area contributed by atoms with Crippen LogP contribution in [0, 0.1) is 17.8 Å². The van der Waals surface area contributed by atoms with Crippen LogP contribution in [-0.2, 0) is 4.74 Å². The van der Waals surface area contributed by atoms with E-state index in [4.69, 9.17) is 4.74 Å². The SMILES string of the molecule is CC#CC1(OC(=O)c2c(F)ncn2[C@H](C)c2ccccc2)CSC1. The van der Waals surface area contributed by atoms with Crippen LogP contribution in [-0.4, -0.2) is 32.6 Å². The Balaban J connectivity index is 1.89. The fraction of sp³-hybridized carbons (Fsp3) is 0.333. The summed E-state index contributed by atoms with van der Waals surface area (Å²) in [6, 6.07) is 9.30. The van der Waals surface area contributed by atoms with E-state index in [-0.39, 0.29) is 11.7 Å². The summed E-state index contributed by atoms with van der Waals surface area (Å²) >= 11 is 1.64. The molecule has 0 bridgehead atoms. The number of halogens is 1. The molecule has 1 aliphatic heterocycles. The van der Waals surface area contributed by atoms with Gasteiger partial charge >= 0.3 is 5.97 Å². The molecule has 0 spiro atoms. The number of thioether (sulfide) groups is 1. The lowest BCUT2D eigenvalue weighted by Crippen LogP contribution is -2.46. The molecule has 3 rings (SSSR count). The molecule has 0 saturated carbocycles. The van der Waals surface area contributed by atoms with Crippen LogP contribution in [0.25, 0.3) is 0 Å². The fourth-order valence-corrected chi connectivity index (χ4v) is 3.45. The van der Waals surface area contributed by atoms with Crippen molar-refractivity contribution in [3.8, 4) is 11.8 Å². The molecule has 0 amide bonds. The highest BCUT2D eigenvalue weighted by Gasteiger charge is 2.42. The van der Waals surface area contributed by atoms with Gasteiger partial charge in [-0.1, -0.05) is 36.3 Å². The van der Waals surface area contributed by atoms with Gasteiger partial charge in [-0.2, -0.15) is 16.2 Å². The molecule has 6 heteroatoms. The van der Waals surface area contributed by atoms with Crippen molar-refractivity contribution in [2.75, 3.05) is 11.5 Å². The highest BCUT2D eigenvalue weighted by atomic mass is 32.2. The highest BCUT2D eigenvalue weighted by Crippen LogP contribution is 2.34. The minimum Gasteiger partial charge on any atom is -0.439 e. The van der Waals surface area contributed by atoms with Crippen molar-refractivity contribution >= 4 is 17.7 Å². The zero-order valence-electron chi connectivity index (χ0n) is 13.5. The molecule has 0 aliphatic carbocycles. The zero-order chi connectivity index (χ0) is 17.2. The molecule has 1 saturated heterocycles. The minimum atomic E-state index is -0.825. The van der Waals surface area contributed by atoms with Crippen molar-refractivity contribution in [2.24, 2.45) is 0 Å². The van der Waals surface area contributed by atoms with Gasteiger partial charge in [-0.15, -0.1) is 5.92 Å². The standard InChI is InChI=1S/C18H17FN2O2S/c1-3-9-18(10-24-11-18)23-17(22)15-16(19)20-12-21(15)13(2)14-7-5-4-6-8-14/h4-8,12-13H,10-11H2,1-2H3/t13-/m1/s1. The van der Waals surface area contributed by atoms with Crippen LogP contribution in [0.4, 0.5) is 4.39 Å².